The van der Waals surface area contributed by atoms with Crippen molar-refractivity contribution >= 4 is 35.2 Å². The molecule has 0 aromatic heterocycles. The molecule has 0 aliphatic carbocycles. The largest absolute Gasteiger partial charge is 0.493 e. The highest BCUT2D eigenvalue weighted by molar-refractivity contribution is 8.00. The molecule has 1 aliphatic rings. The Hall–Kier alpha value is -3.20. The molecule has 0 radical (unpaired) electrons. The average Bonchev–Trinajstić information content (AvgIpc) is 2.84. The number of hydrogen-bond acceptors (Lipinski definition) is 7. The fraction of sp³-hybridized carbons (Fsp3) is 0.400. The van der Waals surface area contributed by atoms with Gasteiger partial charge in [0.1, 0.15) is 0 Å². The number of esters is 1. The summed E-state index contributed by atoms with van der Waals surface area (Å²) in [5.41, 5.74) is 3.67. The van der Waals surface area contributed by atoms with E-state index in [2.05, 4.69) is 5.32 Å². The minimum atomic E-state index is -0.481. The van der Waals surface area contributed by atoms with Crippen LogP contribution in [0.25, 0.3) is 0 Å². The highest BCUT2D eigenvalue weighted by Gasteiger charge is 2.33. The second kappa shape index (κ2) is 11.8. The van der Waals surface area contributed by atoms with Crippen LogP contribution in [-0.4, -0.2) is 62.1 Å². The van der Waals surface area contributed by atoms with Gasteiger partial charge in [0, 0.05) is 12.2 Å². The molecule has 1 heterocycles. The van der Waals surface area contributed by atoms with E-state index in [-0.39, 0.29) is 29.7 Å². The van der Waals surface area contributed by atoms with Crippen LogP contribution in [-0.2, 0) is 25.5 Å². The number of nitrogens with zero attached hydrogens (tertiary/aromatic N) is 1. The van der Waals surface area contributed by atoms with E-state index in [1.54, 1.807) is 19.1 Å². The number of carbonyl (C=O) groups excluding carboxylic acids is 3. The van der Waals surface area contributed by atoms with Crippen molar-refractivity contribution in [2.45, 2.75) is 25.8 Å². The van der Waals surface area contributed by atoms with Gasteiger partial charge in [-0.05, 0) is 48.7 Å². The van der Waals surface area contributed by atoms with Gasteiger partial charge in [-0.25, -0.2) is 0 Å². The molecule has 0 saturated heterocycles. The lowest BCUT2D eigenvalue weighted by molar-refractivity contribution is -0.143. The highest BCUT2D eigenvalue weighted by Crippen LogP contribution is 2.39. The molecule has 1 N–H and O–H groups in total. The molecule has 34 heavy (non-hydrogen) atoms. The summed E-state index contributed by atoms with van der Waals surface area (Å²) in [4.78, 5) is 39.2. The summed E-state index contributed by atoms with van der Waals surface area (Å²) in [7, 11) is 4.44. The Morgan fingerprint density at radius 3 is 2.35 bits per heavy atom. The Labute approximate surface area is 203 Å². The molecule has 2 amide bonds. The Balaban J connectivity index is 1.68. The Kier molecular flexibility index (Phi) is 8.81. The predicted octanol–water partition coefficient (Wildman–Crippen LogP) is 3.37. The number of fused-ring (bicyclic) bond motifs is 1. The Morgan fingerprint density at radius 1 is 1.03 bits per heavy atom. The Bertz CT molecular complexity index is 1040. The van der Waals surface area contributed by atoms with Crippen LogP contribution in [0, 0.1) is 6.92 Å². The van der Waals surface area contributed by atoms with Gasteiger partial charge in [-0.1, -0.05) is 17.7 Å². The number of ether oxygens (including phenoxy) is 3. The maximum absolute atomic E-state index is 13.1. The topological polar surface area (TPSA) is 94.2 Å². The van der Waals surface area contributed by atoms with Gasteiger partial charge in [0.2, 0.25) is 11.8 Å². The molecule has 1 unspecified atom stereocenters. The number of hydrogen-bond donors (Lipinski definition) is 1. The fourth-order valence-corrected chi connectivity index (χ4v) is 4.64. The molecule has 1 aliphatic heterocycles. The van der Waals surface area contributed by atoms with Crippen LogP contribution in [0.3, 0.4) is 0 Å². The SMILES string of the molecule is COC(=O)CC1c2cc(OC)c(OC)cc2CCN1C(=O)CSCC(=O)Nc1ccc(C)cc1. The molecule has 1 atom stereocenters. The van der Waals surface area contributed by atoms with Crippen LogP contribution in [0.2, 0.25) is 0 Å². The van der Waals surface area contributed by atoms with E-state index in [1.165, 1.54) is 18.9 Å². The van der Waals surface area contributed by atoms with Gasteiger partial charge in [-0.3, -0.25) is 14.4 Å². The predicted molar refractivity (Wildman–Crippen MR) is 131 cm³/mol. The molecule has 2 aromatic carbocycles. The van der Waals surface area contributed by atoms with Crippen LogP contribution in [0.5, 0.6) is 11.5 Å². The van der Waals surface area contributed by atoms with Crippen molar-refractivity contribution in [3.8, 4) is 11.5 Å². The number of carbonyl (C=O) groups is 3. The molecule has 0 fully saturated rings. The van der Waals surface area contributed by atoms with Crippen LogP contribution in [0.1, 0.15) is 29.2 Å². The number of nitrogens with one attached hydrogen (secondary N) is 1. The Morgan fingerprint density at radius 2 is 1.71 bits per heavy atom. The third-order valence-electron chi connectivity index (χ3n) is 5.70. The molecule has 3 rings (SSSR count). The third kappa shape index (κ3) is 6.22. The van der Waals surface area contributed by atoms with Crippen molar-refractivity contribution in [2.75, 3.05) is 44.7 Å². The molecular weight excluding hydrogens is 456 g/mol. The van der Waals surface area contributed by atoms with Crippen molar-refractivity contribution in [1.82, 2.24) is 4.90 Å². The molecule has 0 saturated carbocycles. The van der Waals surface area contributed by atoms with E-state index >= 15 is 0 Å². The van der Waals surface area contributed by atoms with E-state index in [9.17, 15) is 14.4 Å². The number of benzene rings is 2. The van der Waals surface area contributed by atoms with Gasteiger partial charge < -0.3 is 24.4 Å². The van der Waals surface area contributed by atoms with Crippen molar-refractivity contribution in [3.63, 3.8) is 0 Å². The van der Waals surface area contributed by atoms with Crippen molar-refractivity contribution in [2.24, 2.45) is 0 Å². The summed E-state index contributed by atoms with van der Waals surface area (Å²) >= 11 is 1.24. The second-order valence-electron chi connectivity index (χ2n) is 7.95. The first kappa shape index (κ1) is 25.4. The molecular formula is C25H30N2O6S. The molecule has 0 bridgehead atoms. The molecule has 0 spiro atoms. The summed E-state index contributed by atoms with van der Waals surface area (Å²) in [6.45, 7) is 2.44. The van der Waals surface area contributed by atoms with Crippen molar-refractivity contribution in [1.29, 1.82) is 0 Å². The maximum Gasteiger partial charge on any atom is 0.307 e. The van der Waals surface area contributed by atoms with Crippen LogP contribution in [0.15, 0.2) is 36.4 Å². The summed E-state index contributed by atoms with van der Waals surface area (Å²) < 4.78 is 15.7. The summed E-state index contributed by atoms with van der Waals surface area (Å²) in [5, 5.41) is 2.83. The number of methoxy groups -OCH3 is 3. The van der Waals surface area contributed by atoms with E-state index in [0.29, 0.717) is 24.5 Å². The zero-order chi connectivity index (χ0) is 24.7. The highest BCUT2D eigenvalue weighted by atomic mass is 32.2. The number of anilines is 1. The summed E-state index contributed by atoms with van der Waals surface area (Å²) in [6, 6.07) is 10.8. The van der Waals surface area contributed by atoms with Gasteiger partial charge in [0.25, 0.3) is 0 Å². The van der Waals surface area contributed by atoms with Gasteiger partial charge in [0.15, 0.2) is 11.5 Å². The fourth-order valence-electron chi connectivity index (χ4n) is 3.94. The average molecular weight is 487 g/mol. The first-order chi connectivity index (χ1) is 16.4. The van der Waals surface area contributed by atoms with Gasteiger partial charge in [-0.2, -0.15) is 0 Å². The van der Waals surface area contributed by atoms with Gasteiger partial charge in [-0.15, -0.1) is 11.8 Å². The third-order valence-corrected chi connectivity index (χ3v) is 6.62. The van der Waals surface area contributed by atoms with E-state index in [1.807, 2.05) is 43.3 Å². The lowest BCUT2D eigenvalue weighted by Gasteiger charge is -2.37. The molecule has 9 heteroatoms. The number of amides is 2. The zero-order valence-corrected chi connectivity index (χ0v) is 20.7. The van der Waals surface area contributed by atoms with Crippen LogP contribution < -0.4 is 14.8 Å². The molecule has 8 nitrogen and oxygen atoms in total. The number of aryl methyl sites for hydroxylation is 1. The number of rotatable bonds is 9. The maximum atomic E-state index is 13.1. The normalized spacial score (nSPS) is 14.7. The monoisotopic (exact) mass is 486 g/mol. The van der Waals surface area contributed by atoms with E-state index in [4.69, 9.17) is 14.2 Å². The minimum absolute atomic E-state index is 0.0311. The quantitative estimate of drug-likeness (QED) is 0.543. The number of thioether (sulfide) groups is 1. The molecule has 2 aromatic rings. The first-order valence-electron chi connectivity index (χ1n) is 10.9. The van der Waals surface area contributed by atoms with Crippen LogP contribution >= 0.6 is 11.8 Å². The first-order valence-corrected chi connectivity index (χ1v) is 12.1. The van der Waals surface area contributed by atoms with E-state index < -0.39 is 12.0 Å². The van der Waals surface area contributed by atoms with Gasteiger partial charge >= 0.3 is 5.97 Å². The van der Waals surface area contributed by atoms with E-state index in [0.717, 1.165) is 22.4 Å². The summed E-state index contributed by atoms with van der Waals surface area (Å²) in [6.07, 6.45) is 0.654. The standard InChI is InChI=1S/C25H30N2O6S/c1-16-5-7-18(8-6-16)26-23(28)14-34-15-24(29)27-10-9-17-11-21(31-2)22(32-3)12-19(17)20(27)13-25(30)33-4/h5-8,11-12,20H,9-10,13-15H2,1-4H3,(H,26,28). The lowest BCUT2D eigenvalue weighted by Crippen LogP contribution is -2.42. The van der Waals surface area contributed by atoms with Gasteiger partial charge in [0.05, 0.1) is 45.3 Å². The molecule has 182 valence electrons. The van der Waals surface area contributed by atoms with Crippen molar-refractivity contribution < 1.29 is 28.6 Å². The second-order valence-corrected chi connectivity index (χ2v) is 8.93. The smallest absolute Gasteiger partial charge is 0.307 e. The minimum Gasteiger partial charge on any atom is -0.493 e. The van der Waals surface area contributed by atoms with Crippen LogP contribution in [0.4, 0.5) is 5.69 Å². The lowest BCUT2D eigenvalue weighted by atomic mass is 9.90. The van der Waals surface area contributed by atoms with Crippen molar-refractivity contribution in [3.05, 3.63) is 53.1 Å². The zero-order valence-electron chi connectivity index (χ0n) is 19.9. The summed E-state index contributed by atoms with van der Waals surface area (Å²) in [5.74, 6) is 0.699.